The van der Waals surface area contributed by atoms with E-state index in [1.165, 1.54) is 0 Å². The predicted molar refractivity (Wildman–Crippen MR) is 90.3 cm³/mol. The van der Waals surface area contributed by atoms with Crippen molar-refractivity contribution in [2.24, 2.45) is 5.73 Å². The quantitative estimate of drug-likeness (QED) is 0.687. The number of unbranched alkanes of at least 4 members (excludes halogenated alkanes) is 1. The van der Waals surface area contributed by atoms with Gasteiger partial charge >= 0.3 is 0 Å². The molecule has 0 saturated carbocycles. The smallest absolute Gasteiger partial charge is 0.224 e. The number of nitrogens with one attached hydrogen (secondary N) is 1. The number of nitrogens with two attached hydrogens (primary N) is 1. The van der Waals surface area contributed by atoms with Crippen LogP contribution in [0.3, 0.4) is 0 Å². The minimum Gasteiger partial charge on any atom is -0.493 e. The molecule has 1 atom stereocenters. The average Bonchev–Trinajstić information content (AvgIpc) is 2.57. The van der Waals surface area contributed by atoms with Crippen molar-refractivity contribution in [3.63, 3.8) is 0 Å². The van der Waals surface area contributed by atoms with Crippen molar-refractivity contribution in [3.05, 3.63) is 17.7 Å². The SMILES string of the molecule is CCCCC(CN)NC(=O)Cc1cc(OC)c(OC)c(OC)c1. The van der Waals surface area contributed by atoms with E-state index in [0.29, 0.717) is 23.8 Å². The second-order valence-corrected chi connectivity index (χ2v) is 5.35. The van der Waals surface area contributed by atoms with Gasteiger partial charge in [0, 0.05) is 12.6 Å². The Morgan fingerprint density at radius 3 is 2.22 bits per heavy atom. The fourth-order valence-electron chi connectivity index (χ4n) is 2.40. The molecule has 0 heterocycles. The molecule has 0 aliphatic rings. The first-order valence-corrected chi connectivity index (χ1v) is 7.87. The molecule has 0 bridgehead atoms. The Labute approximate surface area is 138 Å². The third-order valence-corrected chi connectivity index (χ3v) is 3.64. The molecule has 0 fully saturated rings. The van der Waals surface area contributed by atoms with Crippen molar-refractivity contribution in [1.29, 1.82) is 0 Å². The second-order valence-electron chi connectivity index (χ2n) is 5.35. The summed E-state index contributed by atoms with van der Waals surface area (Å²) >= 11 is 0. The Kier molecular flexibility index (Phi) is 8.26. The lowest BCUT2D eigenvalue weighted by atomic mass is 10.1. The number of rotatable bonds is 10. The molecular weight excluding hydrogens is 296 g/mol. The fraction of sp³-hybridized carbons (Fsp3) is 0.588. The van der Waals surface area contributed by atoms with Gasteiger partial charge in [0.25, 0.3) is 0 Å². The van der Waals surface area contributed by atoms with Crippen LogP contribution < -0.4 is 25.3 Å². The van der Waals surface area contributed by atoms with Gasteiger partial charge in [-0.25, -0.2) is 0 Å². The molecule has 1 rings (SSSR count). The van der Waals surface area contributed by atoms with Crippen molar-refractivity contribution >= 4 is 5.91 Å². The average molecular weight is 324 g/mol. The Bertz CT molecular complexity index is 480. The maximum absolute atomic E-state index is 12.2. The Morgan fingerprint density at radius 1 is 1.17 bits per heavy atom. The van der Waals surface area contributed by atoms with Crippen LogP contribution in [0.25, 0.3) is 0 Å². The first-order valence-electron chi connectivity index (χ1n) is 7.87. The molecule has 1 aromatic carbocycles. The zero-order chi connectivity index (χ0) is 17.2. The zero-order valence-electron chi connectivity index (χ0n) is 14.5. The minimum atomic E-state index is -0.0640. The van der Waals surface area contributed by atoms with E-state index in [1.807, 2.05) is 0 Å². The number of benzene rings is 1. The van der Waals surface area contributed by atoms with Gasteiger partial charge in [-0.3, -0.25) is 4.79 Å². The maximum atomic E-state index is 12.2. The molecule has 6 nitrogen and oxygen atoms in total. The molecule has 6 heteroatoms. The largest absolute Gasteiger partial charge is 0.493 e. The molecule has 0 radical (unpaired) electrons. The lowest BCUT2D eigenvalue weighted by Crippen LogP contribution is -2.40. The van der Waals surface area contributed by atoms with E-state index in [1.54, 1.807) is 33.5 Å². The van der Waals surface area contributed by atoms with E-state index >= 15 is 0 Å². The van der Waals surface area contributed by atoms with Crippen molar-refractivity contribution < 1.29 is 19.0 Å². The maximum Gasteiger partial charge on any atom is 0.224 e. The topological polar surface area (TPSA) is 82.8 Å². The highest BCUT2D eigenvalue weighted by atomic mass is 16.5. The highest BCUT2D eigenvalue weighted by molar-refractivity contribution is 5.79. The molecule has 0 aliphatic carbocycles. The van der Waals surface area contributed by atoms with Gasteiger partial charge in [0.1, 0.15) is 0 Å². The first kappa shape index (κ1) is 19.1. The molecular formula is C17H28N2O4. The van der Waals surface area contributed by atoms with Crippen LogP contribution in [0.1, 0.15) is 31.7 Å². The van der Waals surface area contributed by atoms with Gasteiger partial charge in [-0.05, 0) is 24.1 Å². The van der Waals surface area contributed by atoms with Crippen molar-refractivity contribution in [1.82, 2.24) is 5.32 Å². The first-order chi connectivity index (χ1) is 11.1. The standard InChI is InChI=1S/C17H28N2O4/c1-5-6-7-13(11-18)19-16(20)10-12-8-14(21-2)17(23-4)15(9-12)22-3/h8-9,13H,5-7,10-11,18H2,1-4H3,(H,19,20). The molecule has 0 aliphatic heterocycles. The number of hydrogen-bond donors (Lipinski definition) is 2. The third kappa shape index (κ3) is 5.63. The fourth-order valence-corrected chi connectivity index (χ4v) is 2.40. The summed E-state index contributed by atoms with van der Waals surface area (Å²) in [5, 5.41) is 2.98. The predicted octanol–water partition coefficient (Wildman–Crippen LogP) is 1.89. The molecule has 0 saturated heterocycles. The van der Waals surface area contributed by atoms with Crippen molar-refractivity contribution in [2.45, 2.75) is 38.6 Å². The Hall–Kier alpha value is -1.95. The third-order valence-electron chi connectivity index (χ3n) is 3.64. The van der Waals surface area contributed by atoms with Crippen LogP contribution in [0.15, 0.2) is 12.1 Å². The van der Waals surface area contributed by atoms with Crippen LogP contribution in [-0.4, -0.2) is 39.8 Å². The van der Waals surface area contributed by atoms with Gasteiger partial charge in [0.05, 0.1) is 27.8 Å². The van der Waals surface area contributed by atoms with Crippen LogP contribution >= 0.6 is 0 Å². The molecule has 3 N–H and O–H groups in total. The lowest BCUT2D eigenvalue weighted by Gasteiger charge is -2.17. The van der Waals surface area contributed by atoms with E-state index < -0.39 is 0 Å². The van der Waals surface area contributed by atoms with Crippen LogP contribution in [0.2, 0.25) is 0 Å². The molecule has 23 heavy (non-hydrogen) atoms. The van der Waals surface area contributed by atoms with Crippen LogP contribution in [-0.2, 0) is 11.2 Å². The van der Waals surface area contributed by atoms with E-state index in [0.717, 1.165) is 24.8 Å². The van der Waals surface area contributed by atoms with Gasteiger partial charge in [0.2, 0.25) is 11.7 Å². The molecule has 1 aromatic rings. The molecule has 1 amide bonds. The van der Waals surface area contributed by atoms with E-state index in [2.05, 4.69) is 12.2 Å². The summed E-state index contributed by atoms with van der Waals surface area (Å²) in [4.78, 5) is 12.2. The summed E-state index contributed by atoms with van der Waals surface area (Å²) in [7, 11) is 4.65. The highest BCUT2D eigenvalue weighted by Crippen LogP contribution is 2.38. The molecule has 0 spiro atoms. The molecule has 1 unspecified atom stereocenters. The van der Waals surface area contributed by atoms with E-state index in [4.69, 9.17) is 19.9 Å². The second kappa shape index (κ2) is 9.94. The Balaban J connectivity index is 2.81. The zero-order valence-corrected chi connectivity index (χ0v) is 14.5. The molecule has 130 valence electrons. The molecule has 0 aromatic heterocycles. The number of hydrogen-bond acceptors (Lipinski definition) is 5. The van der Waals surface area contributed by atoms with Crippen LogP contribution in [0, 0.1) is 0 Å². The number of carbonyl (C=O) groups is 1. The number of methoxy groups -OCH3 is 3. The van der Waals surface area contributed by atoms with Gasteiger partial charge < -0.3 is 25.3 Å². The van der Waals surface area contributed by atoms with Crippen LogP contribution in [0.4, 0.5) is 0 Å². The summed E-state index contributed by atoms with van der Waals surface area (Å²) < 4.78 is 15.9. The van der Waals surface area contributed by atoms with Gasteiger partial charge in [-0.1, -0.05) is 19.8 Å². The number of ether oxygens (including phenoxy) is 3. The van der Waals surface area contributed by atoms with Crippen molar-refractivity contribution in [2.75, 3.05) is 27.9 Å². The summed E-state index contributed by atoms with van der Waals surface area (Å²) in [5.74, 6) is 1.53. The van der Waals surface area contributed by atoms with Gasteiger partial charge in [-0.2, -0.15) is 0 Å². The minimum absolute atomic E-state index is 0.0180. The normalized spacial score (nSPS) is 11.7. The summed E-state index contributed by atoms with van der Waals surface area (Å²) in [6.45, 7) is 2.56. The Morgan fingerprint density at radius 2 is 1.78 bits per heavy atom. The van der Waals surface area contributed by atoms with E-state index in [-0.39, 0.29) is 18.4 Å². The monoisotopic (exact) mass is 324 g/mol. The lowest BCUT2D eigenvalue weighted by molar-refractivity contribution is -0.121. The summed E-state index contributed by atoms with van der Waals surface area (Å²) in [6, 6.07) is 3.58. The van der Waals surface area contributed by atoms with Gasteiger partial charge in [0.15, 0.2) is 11.5 Å². The summed E-state index contributed by atoms with van der Waals surface area (Å²) in [5.41, 5.74) is 6.51. The summed E-state index contributed by atoms with van der Waals surface area (Å²) in [6.07, 6.45) is 3.26. The van der Waals surface area contributed by atoms with Gasteiger partial charge in [-0.15, -0.1) is 0 Å². The van der Waals surface area contributed by atoms with Crippen LogP contribution in [0.5, 0.6) is 17.2 Å². The number of carbonyl (C=O) groups excluding carboxylic acids is 1. The number of amides is 1. The van der Waals surface area contributed by atoms with Crippen molar-refractivity contribution in [3.8, 4) is 17.2 Å². The van der Waals surface area contributed by atoms with E-state index in [9.17, 15) is 4.79 Å². The highest BCUT2D eigenvalue weighted by Gasteiger charge is 2.16.